The Morgan fingerprint density at radius 2 is 1.85 bits per heavy atom. The van der Waals surface area contributed by atoms with Crippen LogP contribution in [-0.2, 0) is 4.74 Å². The van der Waals surface area contributed by atoms with Crippen molar-refractivity contribution in [2.75, 3.05) is 26.9 Å². The lowest BCUT2D eigenvalue weighted by Crippen LogP contribution is -2.26. The number of hydrogen-bond acceptors (Lipinski definition) is 4. The highest BCUT2D eigenvalue weighted by Gasteiger charge is 2.22. The van der Waals surface area contributed by atoms with Crippen LogP contribution in [0.15, 0.2) is 36.7 Å². The molecule has 0 saturated heterocycles. The minimum absolute atomic E-state index is 0.222. The SMILES string of the molecule is CCCC1CCC(c2ccc(C(=O)OCCN3C=CN(C)C3)cc2)CC1. The van der Waals surface area contributed by atoms with E-state index in [0.717, 1.165) is 19.1 Å². The first-order valence-corrected chi connectivity index (χ1v) is 10.1. The summed E-state index contributed by atoms with van der Waals surface area (Å²) in [6, 6.07) is 8.11. The van der Waals surface area contributed by atoms with Crippen LogP contribution in [0.4, 0.5) is 0 Å². The Morgan fingerprint density at radius 3 is 2.46 bits per heavy atom. The predicted molar refractivity (Wildman–Crippen MR) is 105 cm³/mol. The number of rotatable bonds is 7. The number of nitrogens with zero attached hydrogens (tertiary/aromatic N) is 2. The van der Waals surface area contributed by atoms with Gasteiger partial charge in [-0.3, -0.25) is 0 Å². The molecular weight excluding hydrogens is 324 g/mol. The quantitative estimate of drug-likeness (QED) is 0.669. The number of esters is 1. The number of carbonyl (C=O) groups excluding carboxylic acids is 1. The lowest BCUT2D eigenvalue weighted by molar-refractivity contribution is 0.0476. The van der Waals surface area contributed by atoms with Crippen molar-refractivity contribution in [3.63, 3.8) is 0 Å². The van der Waals surface area contributed by atoms with Gasteiger partial charge in [0.2, 0.25) is 0 Å². The molecule has 4 nitrogen and oxygen atoms in total. The zero-order chi connectivity index (χ0) is 18.4. The van der Waals surface area contributed by atoms with Gasteiger partial charge in [-0.2, -0.15) is 0 Å². The molecule has 1 aliphatic carbocycles. The highest BCUT2D eigenvalue weighted by molar-refractivity contribution is 5.89. The summed E-state index contributed by atoms with van der Waals surface area (Å²) >= 11 is 0. The van der Waals surface area contributed by atoms with Crippen molar-refractivity contribution in [1.82, 2.24) is 9.80 Å². The fraction of sp³-hybridized carbons (Fsp3) is 0.591. The molecule has 26 heavy (non-hydrogen) atoms. The van der Waals surface area contributed by atoms with Crippen molar-refractivity contribution < 1.29 is 9.53 Å². The van der Waals surface area contributed by atoms with Gasteiger partial charge >= 0.3 is 5.97 Å². The maximum Gasteiger partial charge on any atom is 0.338 e. The zero-order valence-corrected chi connectivity index (χ0v) is 16.2. The van der Waals surface area contributed by atoms with Crippen LogP contribution < -0.4 is 0 Å². The first kappa shape index (κ1) is 18.8. The van der Waals surface area contributed by atoms with Gasteiger partial charge < -0.3 is 14.5 Å². The van der Waals surface area contributed by atoms with Crippen LogP contribution in [0.3, 0.4) is 0 Å². The van der Waals surface area contributed by atoms with Crippen LogP contribution in [0.25, 0.3) is 0 Å². The topological polar surface area (TPSA) is 32.8 Å². The minimum atomic E-state index is -0.222. The van der Waals surface area contributed by atoms with Crippen LogP contribution in [0.1, 0.15) is 67.3 Å². The van der Waals surface area contributed by atoms with Gasteiger partial charge in [-0.1, -0.05) is 31.9 Å². The summed E-state index contributed by atoms with van der Waals surface area (Å²) in [6.07, 6.45) is 12.0. The Morgan fingerprint density at radius 1 is 1.12 bits per heavy atom. The van der Waals surface area contributed by atoms with Crippen molar-refractivity contribution in [3.05, 3.63) is 47.8 Å². The number of carbonyl (C=O) groups is 1. The van der Waals surface area contributed by atoms with E-state index in [0.29, 0.717) is 18.1 Å². The molecule has 0 radical (unpaired) electrons. The van der Waals surface area contributed by atoms with E-state index in [9.17, 15) is 4.79 Å². The molecule has 1 saturated carbocycles. The third-order valence-corrected chi connectivity index (χ3v) is 5.71. The molecule has 0 aromatic heterocycles. The maximum absolute atomic E-state index is 12.2. The summed E-state index contributed by atoms with van der Waals surface area (Å²) in [7, 11) is 2.03. The van der Waals surface area contributed by atoms with Gasteiger partial charge in [0, 0.05) is 19.4 Å². The van der Waals surface area contributed by atoms with E-state index < -0.39 is 0 Å². The highest BCUT2D eigenvalue weighted by atomic mass is 16.5. The molecule has 1 aromatic carbocycles. The molecule has 0 atom stereocenters. The number of benzene rings is 1. The van der Waals surface area contributed by atoms with Crippen LogP contribution in [0.2, 0.25) is 0 Å². The normalized spacial score (nSPS) is 22.7. The third kappa shape index (κ3) is 5.03. The first-order chi connectivity index (χ1) is 12.7. The predicted octanol–water partition coefficient (Wildman–Crippen LogP) is 4.59. The van der Waals surface area contributed by atoms with E-state index in [-0.39, 0.29) is 5.97 Å². The standard InChI is InChI=1S/C22H32N2O2/c1-3-4-18-5-7-19(8-6-18)20-9-11-21(12-10-20)22(25)26-16-15-24-14-13-23(2)17-24/h9-14,18-19H,3-8,15-17H2,1-2H3. The van der Waals surface area contributed by atoms with Gasteiger partial charge in [0.05, 0.1) is 18.8 Å². The Labute approximate surface area is 157 Å². The second-order valence-corrected chi connectivity index (χ2v) is 7.77. The molecular formula is C22H32N2O2. The first-order valence-electron chi connectivity index (χ1n) is 10.1. The van der Waals surface area contributed by atoms with Crippen molar-refractivity contribution in [3.8, 4) is 0 Å². The summed E-state index contributed by atoms with van der Waals surface area (Å²) < 4.78 is 5.42. The van der Waals surface area contributed by atoms with Crippen LogP contribution in [0.5, 0.6) is 0 Å². The van der Waals surface area contributed by atoms with Gasteiger partial charge in [-0.25, -0.2) is 4.79 Å². The summed E-state index contributed by atoms with van der Waals surface area (Å²) in [6.45, 7) is 4.28. The monoisotopic (exact) mass is 356 g/mol. The van der Waals surface area contributed by atoms with Crippen molar-refractivity contribution >= 4 is 5.97 Å². The summed E-state index contributed by atoms with van der Waals surface area (Å²) in [4.78, 5) is 16.4. The smallest absolute Gasteiger partial charge is 0.338 e. The van der Waals surface area contributed by atoms with Gasteiger partial charge in [0.1, 0.15) is 6.61 Å². The molecule has 1 heterocycles. The van der Waals surface area contributed by atoms with Gasteiger partial charge in [-0.15, -0.1) is 0 Å². The van der Waals surface area contributed by atoms with Gasteiger partial charge in [0.15, 0.2) is 0 Å². The van der Waals surface area contributed by atoms with E-state index in [4.69, 9.17) is 4.74 Å². The molecule has 1 fully saturated rings. The van der Waals surface area contributed by atoms with Gasteiger partial charge in [0.25, 0.3) is 0 Å². The average molecular weight is 357 g/mol. The summed E-state index contributed by atoms with van der Waals surface area (Å²) in [5.74, 6) is 1.36. The lowest BCUT2D eigenvalue weighted by Gasteiger charge is -2.28. The van der Waals surface area contributed by atoms with E-state index in [1.165, 1.54) is 44.1 Å². The molecule has 0 unspecified atom stereocenters. The molecule has 0 amide bonds. The molecule has 1 aliphatic heterocycles. The molecule has 142 valence electrons. The lowest BCUT2D eigenvalue weighted by atomic mass is 9.77. The molecule has 0 bridgehead atoms. The largest absolute Gasteiger partial charge is 0.460 e. The van der Waals surface area contributed by atoms with Crippen molar-refractivity contribution in [1.29, 1.82) is 0 Å². The fourth-order valence-corrected chi connectivity index (χ4v) is 4.16. The van der Waals surface area contributed by atoms with E-state index in [2.05, 4.69) is 28.9 Å². The number of ether oxygens (including phenoxy) is 1. The molecule has 1 aromatic rings. The Bertz CT molecular complexity index is 603. The van der Waals surface area contributed by atoms with Crippen molar-refractivity contribution in [2.45, 2.75) is 51.4 Å². The molecule has 3 rings (SSSR count). The second kappa shape index (κ2) is 9.11. The fourth-order valence-electron chi connectivity index (χ4n) is 4.16. The average Bonchev–Trinajstić information content (AvgIpc) is 3.08. The third-order valence-electron chi connectivity index (χ3n) is 5.71. The Balaban J connectivity index is 1.43. The van der Waals surface area contributed by atoms with Crippen molar-refractivity contribution in [2.24, 2.45) is 5.92 Å². The maximum atomic E-state index is 12.2. The highest BCUT2D eigenvalue weighted by Crippen LogP contribution is 2.37. The minimum Gasteiger partial charge on any atom is -0.460 e. The second-order valence-electron chi connectivity index (χ2n) is 7.77. The van der Waals surface area contributed by atoms with Crippen LogP contribution in [-0.4, -0.2) is 42.6 Å². The van der Waals surface area contributed by atoms with E-state index in [1.807, 2.05) is 31.6 Å². The molecule has 2 aliphatic rings. The van der Waals surface area contributed by atoms with Crippen LogP contribution >= 0.6 is 0 Å². The molecule has 4 heteroatoms. The summed E-state index contributed by atoms with van der Waals surface area (Å²) in [5, 5.41) is 0. The molecule has 0 spiro atoms. The Kier molecular flexibility index (Phi) is 6.59. The number of hydrogen-bond donors (Lipinski definition) is 0. The van der Waals surface area contributed by atoms with E-state index in [1.54, 1.807) is 0 Å². The summed E-state index contributed by atoms with van der Waals surface area (Å²) in [5.41, 5.74) is 2.03. The van der Waals surface area contributed by atoms with E-state index >= 15 is 0 Å². The zero-order valence-electron chi connectivity index (χ0n) is 16.2. The van der Waals surface area contributed by atoms with Crippen LogP contribution in [0, 0.1) is 5.92 Å². The Hall–Kier alpha value is -1.97. The molecule has 0 N–H and O–H groups in total. The van der Waals surface area contributed by atoms with Gasteiger partial charge in [-0.05, 0) is 55.2 Å².